The molecular formula is C20H16N6O. The van der Waals surface area contributed by atoms with Crippen LogP contribution in [0.1, 0.15) is 27.8 Å². The Kier molecular flexibility index (Phi) is 3.39. The van der Waals surface area contributed by atoms with Gasteiger partial charge >= 0.3 is 0 Å². The summed E-state index contributed by atoms with van der Waals surface area (Å²) in [5, 5.41) is 11.7. The fourth-order valence-electron chi connectivity index (χ4n) is 3.31. The van der Waals surface area contributed by atoms with Crippen LogP contribution in [-0.4, -0.2) is 25.7 Å². The fourth-order valence-corrected chi connectivity index (χ4v) is 3.31. The van der Waals surface area contributed by atoms with Crippen molar-refractivity contribution in [2.24, 2.45) is 0 Å². The van der Waals surface area contributed by atoms with E-state index in [-0.39, 0.29) is 12.1 Å². The van der Waals surface area contributed by atoms with Crippen molar-refractivity contribution in [2.75, 3.05) is 5.32 Å². The molecule has 2 N–H and O–H groups in total. The third-order valence-electron chi connectivity index (χ3n) is 4.66. The highest BCUT2D eigenvalue weighted by molar-refractivity contribution is 6.04. The van der Waals surface area contributed by atoms with Crippen molar-refractivity contribution < 1.29 is 4.79 Å². The number of carbonyl (C=O) groups is 1. The first-order valence-electron chi connectivity index (χ1n) is 8.64. The van der Waals surface area contributed by atoms with Crippen LogP contribution in [0.2, 0.25) is 0 Å². The predicted molar refractivity (Wildman–Crippen MR) is 102 cm³/mol. The number of benzene rings is 1. The average molecular weight is 356 g/mol. The number of anilines is 1. The Bertz CT molecular complexity index is 1150. The Labute approximate surface area is 155 Å². The van der Waals surface area contributed by atoms with E-state index >= 15 is 0 Å². The summed E-state index contributed by atoms with van der Waals surface area (Å²) in [6, 6.07) is 15.4. The first-order chi connectivity index (χ1) is 13.2. The lowest BCUT2D eigenvalue weighted by atomic mass is 10.1. The van der Waals surface area contributed by atoms with E-state index in [1.165, 1.54) is 0 Å². The highest BCUT2D eigenvalue weighted by Gasteiger charge is 2.27. The molecule has 0 bridgehead atoms. The van der Waals surface area contributed by atoms with Crippen molar-refractivity contribution in [1.29, 1.82) is 0 Å². The molecule has 27 heavy (non-hydrogen) atoms. The van der Waals surface area contributed by atoms with E-state index in [0.717, 1.165) is 22.3 Å². The van der Waals surface area contributed by atoms with Crippen molar-refractivity contribution in [3.05, 3.63) is 77.7 Å². The topological polar surface area (TPSA) is 84.7 Å². The highest BCUT2D eigenvalue weighted by atomic mass is 16.2. The molecule has 1 aromatic carbocycles. The summed E-state index contributed by atoms with van der Waals surface area (Å²) in [6.07, 6.45) is 3.04. The summed E-state index contributed by atoms with van der Waals surface area (Å²) in [5.74, 6) is 0.371. The van der Waals surface area contributed by atoms with Crippen LogP contribution in [-0.2, 0) is 0 Å². The van der Waals surface area contributed by atoms with E-state index in [0.29, 0.717) is 17.0 Å². The number of fused-ring (bicyclic) bond motifs is 2. The number of carbonyl (C=O) groups excluding carboxylic acids is 1. The number of rotatable bonds is 2. The van der Waals surface area contributed by atoms with Crippen molar-refractivity contribution in [2.45, 2.75) is 13.1 Å². The van der Waals surface area contributed by atoms with Gasteiger partial charge in [0.05, 0.1) is 16.9 Å². The zero-order valence-electron chi connectivity index (χ0n) is 14.5. The molecule has 4 aromatic rings. The third-order valence-corrected chi connectivity index (χ3v) is 4.66. The second kappa shape index (κ2) is 5.91. The minimum Gasteiger partial charge on any atom is -0.345 e. The van der Waals surface area contributed by atoms with Crippen LogP contribution in [0.25, 0.3) is 16.7 Å². The Morgan fingerprint density at radius 3 is 2.70 bits per heavy atom. The van der Waals surface area contributed by atoms with Gasteiger partial charge in [-0.25, -0.2) is 9.67 Å². The summed E-state index contributed by atoms with van der Waals surface area (Å²) < 4.78 is 1.80. The van der Waals surface area contributed by atoms with Gasteiger partial charge < -0.3 is 10.6 Å². The first-order valence-corrected chi connectivity index (χ1v) is 8.64. The number of hydrogen-bond acceptors (Lipinski definition) is 5. The number of hydrogen-bond donors (Lipinski definition) is 2. The first kappa shape index (κ1) is 15.5. The number of amides is 1. The molecule has 0 spiro atoms. The van der Waals surface area contributed by atoms with Gasteiger partial charge in [-0.2, -0.15) is 5.10 Å². The molecule has 0 unspecified atom stereocenters. The lowest BCUT2D eigenvalue weighted by Gasteiger charge is -2.27. The molecule has 0 radical (unpaired) electrons. The van der Waals surface area contributed by atoms with Gasteiger partial charge in [-0.1, -0.05) is 24.3 Å². The number of aryl methyl sites for hydroxylation is 1. The Hall–Kier alpha value is -3.74. The largest absolute Gasteiger partial charge is 0.345 e. The maximum Gasteiger partial charge on any atom is 0.256 e. The standard InChI is InChI=1S/C20H16N6O/c1-12-15-10-16-18(22-17(24-20(16)27)13-6-5-9-21-11-13)23-19(15)26(25-12)14-7-3-2-4-8-14/h2-11,17H,1H3,(H,22,23)(H,24,27)/t17-/m1/s1. The van der Waals surface area contributed by atoms with Crippen LogP contribution in [0.3, 0.4) is 0 Å². The van der Waals surface area contributed by atoms with E-state index in [1.807, 2.05) is 55.5 Å². The molecule has 132 valence electrons. The van der Waals surface area contributed by atoms with Crippen LogP contribution in [0.4, 0.5) is 5.82 Å². The number of aromatic nitrogens is 4. The summed E-state index contributed by atoms with van der Waals surface area (Å²) in [6.45, 7) is 1.92. The number of nitrogens with one attached hydrogen (secondary N) is 2. The minimum absolute atomic E-state index is 0.168. The Morgan fingerprint density at radius 1 is 1.07 bits per heavy atom. The lowest BCUT2D eigenvalue weighted by molar-refractivity contribution is 0.0935. The molecule has 7 heteroatoms. The summed E-state index contributed by atoms with van der Waals surface area (Å²) in [4.78, 5) is 21.5. The van der Waals surface area contributed by atoms with Gasteiger partial charge in [0.25, 0.3) is 5.91 Å². The van der Waals surface area contributed by atoms with E-state index in [1.54, 1.807) is 17.1 Å². The third kappa shape index (κ3) is 2.52. The maximum absolute atomic E-state index is 12.7. The molecule has 1 aliphatic rings. The molecule has 1 amide bonds. The molecular weight excluding hydrogens is 340 g/mol. The zero-order valence-corrected chi connectivity index (χ0v) is 14.5. The lowest BCUT2D eigenvalue weighted by Crippen LogP contribution is -2.39. The predicted octanol–water partition coefficient (Wildman–Crippen LogP) is 2.98. The normalized spacial score (nSPS) is 15.9. The highest BCUT2D eigenvalue weighted by Crippen LogP contribution is 2.30. The minimum atomic E-state index is -0.377. The maximum atomic E-state index is 12.7. The quantitative estimate of drug-likeness (QED) is 0.577. The summed E-state index contributed by atoms with van der Waals surface area (Å²) in [7, 11) is 0. The fraction of sp³-hybridized carbons (Fsp3) is 0.100. The van der Waals surface area contributed by atoms with Crippen molar-refractivity contribution in [3.8, 4) is 5.69 Å². The van der Waals surface area contributed by atoms with Crippen LogP contribution in [0, 0.1) is 6.92 Å². The van der Waals surface area contributed by atoms with Crippen LogP contribution < -0.4 is 10.6 Å². The van der Waals surface area contributed by atoms with Crippen molar-refractivity contribution in [1.82, 2.24) is 25.1 Å². The van der Waals surface area contributed by atoms with Gasteiger partial charge in [0.15, 0.2) is 5.65 Å². The van der Waals surface area contributed by atoms with Gasteiger partial charge in [-0.3, -0.25) is 9.78 Å². The van der Waals surface area contributed by atoms with Crippen LogP contribution >= 0.6 is 0 Å². The number of para-hydroxylation sites is 1. The average Bonchev–Trinajstić information content (AvgIpc) is 3.04. The van der Waals surface area contributed by atoms with E-state index < -0.39 is 0 Å². The van der Waals surface area contributed by atoms with Gasteiger partial charge in [0.2, 0.25) is 0 Å². The molecule has 1 atom stereocenters. The second-order valence-electron chi connectivity index (χ2n) is 6.43. The smallest absolute Gasteiger partial charge is 0.256 e. The Balaban J connectivity index is 1.65. The van der Waals surface area contributed by atoms with Crippen molar-refractivity contribution in [3.63, 3.8) is 0 Å². The van der Waals surface area contributed by atoms with E-state index in [4.69, 9.17) is 4.98 Å². The van der Waals surface area contributed by atoms with Crippen LogP contribution in [0.15, 0.2) is 60.9 Å². The molecule has 0 aliphatic carbocycles. The van der Waals surface area contributed by atoms with Gasteiger partial charge in [0.1, 0.15) is 12.0 Å². The molecule has 0 saturated heterocycles. The molecule has 0 fully saturated rings. The molecule has 5 rings (SSSR count). The molecule has 1 aliphatic heterocycles. The SMILES string of the molecule is Cc1nn(-c2ccccc2)c2nc3c(cc12)C(=O)N[C@H](c1cccnc1)N3. The van der Waals surface area contributed by atoms with Crippen LogP contribution in [0.5, 0.6) is 0 Å². The van der Waals surface area contributed by atoms with Gasteiger partial charge in [-0.05, 0) is 31.2 Å². The summed E-state index contributed by atoms with van der Waals surface area (Å²) >= 11 is 0. The van der Waals surface area contributed by atoms with E-state index in [9.17, 15) is 4.79 Å². The Morgan fingerprint density at radius 2 is 1.93 bits per heavy atom. The van der Waals surface area contributed by atoms with Gasteiger partial charge in [0, 0.05) is 23.3 Å². The second-order valence-corrected chi connectivity index (χ2v) is 6.43. The number of pyridine rings is 2. The molecule has 7 nitrogen and oxygen atoms in total. The molecule has 4 heterocycles. The molecule has 0 saturated carbocycles. The monoisotopic (exact) mass is 356 g/mol. The summed E-state index contributed by atoms with van der Waals surface area (Å²) in [5.41, 5.74) is 3.84. The van der Waals surface area contributed by atoms with E-state index in [2.05, 4.69) is 20.7 Å². The zero-order chi connectivity index (χ0) is 18.4. The van der Waals surface area contributed by atoms with Crippen molar-refractivity contribution >= 4 is 22.8 Å². The van der Waals surface area contributed by atoms with Gasteiger partial charge in [-0.15, -0.1) is 0 Å². The molecule has 3 aromatic heterocycles. The number of nitrogens with zero attached hydrogens (tertiary/aromatic N) is 4.